The number of nitrogens with one attached hydrogen (secondary N) is 1. The number of nitrogens with zero attached hydrogens (tertiary/aromatic N) is 3. The van der Waals surface area contributed by atoms with Gasteiger partial charge in [-0.25, -0.2) is 17.6 Å². The van der Waals surface area contributed by atoms with Gasteiger partial charge in [0.1, 0.15) is 28.9 Å². The first kappa shape index (κ1) is 23.7. The minimum absolute atomic E-state index is 0.0498. The van der Waals surface area contributed by atoms with Gasteiger partial charge in [-0.05, 0) is 31.5 Å². The fourth-order valence-electron chi connectivity index (χ4n) is 2.98. The third-order valence-electron chi connectivity index (χ3n) is 4.67. The summed E-state index contributed by atoms with van der Waals surface area (Å²) in [5.41, 5.74) is -1.43. The summed E-state index contributed by atoms with van der Waals surface area (Å²) in [4.78, 5) is 23.3. The van der Waals surface area contributed by atoms with Gasteiger partial charge in [-0.3, -0.25) is 19.6 Å². The molecule has 0 radical (unpaired) electrons. The third kappa shape index (κ3) is 5.45. The standard InChI is InChI=1S/C21H18F4N4O4/c1-11-5-3-4-6-18(11)33-15-8-13(7-14(9-15)29(31)32)26-21(30)12(2)28-17(20(24)25)10-16(27-28)19(22)23/h3-10,12,19-20H,1-2H3,(H,26,30). The summed E-state index contributed by atoms with van der Waals surface area (Å²) in [5.74, 6) is -0.418. The van der Waals surface area contributed by atoms with E-state index in [1.54, 1.807) is 31.2 Å². The van der Waals surface area contributed by atoms with Crippen molar-refractivity contribution < 1.29 is 32.0 Å². The Kier molecular flexibility index (Phi) is 6.95. The first-order chi connectivity index (χ1) is 15.6. The third-order valence-corrected chi connectivity index (χ3v) is 4.67. The molecule has 0 saturated carbocycles. The molecule has 0 aliphatic rings. The summed E-state index contributed by atoms with van der Waals surface area (Å²) in [6.45, 7) is 2.96. The Labute approximate surface area is 184 Å². The van der Waals surface area contributed by atoms with Gasteiger partial charge in [0.05, 0.1) is 16.7 Å². The van der Waals surface area contributed by atoms with E-state index in [1.807, 2.05) is 0 Å². The van der Waals surface area contributed by atoms with E-state index in [4.69, 9.17) is 4.74 Å². The fraction of sp³-hybridized carbons (Fsp3) is 0.238. The lowest BCUT2D eigenvalue weighted by Gasteiger charge is -2.16. The number of benzene rings is 2. The number of para-hydroxylation sites is 1. The van der Waals surface area contributed by atoms with E-state index in [1.165, 1.54) is 13.0 Å². The van der Waals surface area contributed by atoms with Gasteiger partial charge in [0.25, 0.3) is 18.5 Å². The lowest BCUT2D eigenvalue weighted by Crippen LogP contribution is -2.26. The second-order valence-electron chi connectivity index (χ2n) is 7.05. The van der Waals surface area contributed by atoms with Crippen LogP contribution in [-0.2, 0) is 4.79 Å². The average Bonchev–Trinajstić information content (AvgIpc) is 3.21. The number of ether oxygens (including phenoxy) is 1. The Hall–Kier alpha value is -3.96. The maximum atomic E-state index is 13.3. The van der Waals surface area contributed by atoms with Gasteiger partial charge >= 0.3 is 0 Å². The predicted octanol–water partition coefficient (Wildman–Crippen LogP) is 5.97. The number of carbonyl (C=O) groups excluding carboxylic acids is 1. The Morgan fingerprint density at radius 2 is 1.82 bits per heavy atom. The molecule has 1 aromatic heterocycles. The maximum Gasteiger partial charge on any atom is 0.282 e. The van der Waals surface area contributed by atoms with E-state index in [0.717, 1.165) is 17.7 Å². The highest BCUT2D eigenvalue weighted by Crippen LogP contribution is 2.32. The maximum absolute atomic E-state index is 13.3. The molecule has 1 atom stereocenters. The van der Waals surface area contributed by atoms with Crippen molar-refractivity contribution in [1.82, 2.24) is 9.78 Å². The molecule has 8 nitrogen and oxygen atoms in total. The second-order valence-corrected chi connectivity index (χ2v) is 7.05. The Morgan fingerprint density at radius 1 is 1.12 bits per heavy atom. The zero-order chi connectivity index (χ0) is 24.3. The Balaban J connectivity index is 1.89. The highest BCUT2D eigenvalue weighted by molar-refractivity contribution is 5.94. The van der Waals surface area contributed by atoms with Crippen LogP contribution in [0.15, 0.2) is 48.5 Å². The van der Waals surface area contributed by atoms with Crippen molar-refractivity contribution >= 4 is 17.3 Å². The van der Waals surface area contributed by atoms with E-state index in [0.29, 0.717) is 16.5 Å². The van der Waals surface area contributed by atoms with Crippen molar-refractivity contribution in [1.29, 1.82) is 0 Å². The molecule has 0 fully saturated rings. The molecule has 2 aromatic carbocycles. The van der Waals surface area contributed by atoms with E-state index < -0.39 is 46.8 Å². The number of hydrogen-bond donors (Lipinski definition) is 1. The number of anilines is 1. The van der Waals surface area contributed by atoms with Crippen LogP contribution in [0.1, 0.15) is 42.8 Å². The molecule has 174 valence electrons. The molecule has 0 aliphatic heterocycles. The molecule has 12 heteroatoms. The summed E-state index contributed by atoms with van der Waals surface area (Å²) < 4.78 is 58.5. The zero-order valence-corrected chi connectivity index (χ0v) is 17.3. The quantitative estimate of drug-likeness (QED) is 0.251. The van der Waals surface area contributed by atoms with Crippen LogP contribution < -0.4 is 10.1 Å². The van der Waals surface area contributed by atoms with Crippen LogP contribution in [0.3, 0.4) is 0 Å². The number of non-ortho nitro benzene ring substituents is 1. The molecule has 33 heavy (non-hydrogen) atoms. The van der Waals surface area contributed by atoms with Gasteiger partial charge in [0.2, 0.25) is 5.91 Å². The average molecular weight is 466 g/mol. The lowest BCUT2D eigenvalue weighted by molar-refractivity contribution is -0.384. The van der Waals surface area contributed by atoms with E-state index >= 15 is 0 Å². The number of alkyl halides is 4. The van der Waals surface area contributed by atoms with Crippen LogP contribution in [-0.4, -0.2) is 20.6 Å². The molecule has 0 bridgehead atoms. The summed E-state index contributed by atoms with van der Waals surface area (Å²) in [6.07, 6.45) is -6.25. The molecule has 0 saturated heterocycles. The molecule has 1 heterocycles. The van der Waals surface area contributed by atoms with Crippen LogP contribution in [0.2, 0.25) is 0 Å². The van der Waals surface area contributed by atoms with Crippen LogP contribution in [0.25, 0.3) is 0 Å². The highest BCUT2D eigenvalue weighted by atomic mass is 19.3. The molecule has 3 aromatic rings. The van der Waals surface area contributed by atoms with Crippen molar-refractivity contribution in [2.24, 2.45) is 0 Å². The molecule has 3 rings (SSSR count). The van der Waals surface area contributed by atoms with Crippen molar-refractivity contribution in [2.75, 3.05) is 5.32 Å². The molecular weight excluding hydrogens is 448 g/mol. The Bertz CT molecular complexity index is 1180. The first-order valence-corrected chi connectivity index (χ1v) is 9.56. The number of rotatable bonds is 8. The number of nitro groups is 1. The number of halogens is 4. The van der Waals surface area contributed by atoms with Gasteiger partial charge in [0, 0.05) is 12.1 Å². The molecular formula is C21H18F4N4O4. The van der Waals surface area contributed by atoms with Crippen LogP contribution in [0, 0.1) is 17.0 Å². The van der Waals surface area contributed by atoms with E-state index in [-0.39, 0.29) is 11.4 Å². The van der Waals surface area contributed by atoms with Gasteiger partial charge in [-0.1, -0.05) is 18.2 Å². The monoisotopic (exact) mass is 466 g/mol. The number of carbonyl (C=O) groups is 1. The highest BCUT2D eigenvalue weighted by Gasteiger charge is 2.27. The first-order valence-electron chi connectivity index (χ1n) is 9.56. The summed E-state index contributed by atoms with van der Waals surface area (Å²) in [7, 11) is 0. The summed E-state index contributed by atoms with van der Waals surface area (Å²) in [5, 5.41) is 17.1. The van der Waals surface area contributed by atoms with Crippen molar-refractivity contribution in [3.63, 3.8) is 0 Å². The molecule has 0 spiro atoms. The SMILES string of the molecule is Cc1ccccc1Oc1cc(NC(=O)C(C)n2nc(C(F)F)cc2C(F)F)cc([N+](=O)[O-])c1. The van der Waals surface area contributed by atoms with Gasteiger partial charge in [-0.2, -0.15) is 5.10 Å². The number of amides is 1. The van der Waals surface area contributed by atoms with Crippen molar-refractivity contribution in [2.45, 2.75) is 32.7 Å². The topological polar surface area (TPSA) is 99.3 Å². The summed E-state index contributed by atoms with van der Waals surface area (Å²) in [6, 6.07) is 9.55. The Morgan fingerprint density at radius 3 is 2.42 bits per heavy atom. The minimum Gasteiger partial charge on any atom is -0.457 e. The molecule has 1 N–H and O–H groups in total. The largest absolute Gasteiger partial charge is 0.457 e. The van der Waals surface area contributed by atoms with Crippen LogP contribution in [0.4, 0.5) is 28.9 Å². The minimum atomic E-state index is -3.15. The molecule has 0 aliphatic carbocycles. The van der Waals surface area contributed by atoms with Gasteiger partial charge in [-0.15, -0.1) is 0 Å². The van der Waals surface area contributed by atoms with E-state index in [2.05, 4.69) is 10.4 Å². The predicted molar refractivity (Wildman–Crippen MR) is 110 cm³/mol. The summed E-state index contributed by atoms with van der Waals surface area (Å²) >= 11 is 0. The normalized spacial score (nSPS) is 12.1. The number of hydrogen-bond acceptors (Lipinski definition) is 5. The lowest BCUT2D eigenvalue weighted by atomic mass is 10.2. The number of aryl methyl sites for hydroxylation is 1. The van der Waals surface area contributed by atoms with Gasteiger partial charge in [0.15, 0.2) is 0 Å². The molecule has 1 unspecified atom stereocenters. The van der Waals surface area contributed by atoms with E-state index in [9.17, 15) is 32.5 Å². The van der Waals surface area contributed by atoms with Crippen molar-refractivity contribution in [3.05, 3.63) is 75.6 Å². The van der Waals surface area contributed by atoms with Gasteiger partial charge < -0.3 is 10.1 Å². The van der Waals surface area contributed by atoms with Crippen LogP contribution in [0.5, 0.6) is 11.5 Å². The second kappa shape index (κ2) is 9.67. The zero-order valence-electron chi connectivity index (χ0n) is 17.3. The number of nitro benzene ring substituents is 1. The fourth-order valence-corrected chi connectivity index (χ4v) is 2.98. The number of aromatic nitrogens is 2. The van der Waals surface area contributed by atoms with Crippen molar-refractivity contribution in [3.8, 4) is 11.5 Å². The smallest absolute Gasteiger partial charge is 0.282 e. The van der Waals surface area contributed by atoms with Crippen LogP contribution >= 0.6 is 0 Å². The molecule has 1 amide bonds.